The number of hydrogen-bond acceptors (Lipinski definition) is 4. The third kappa shape index (κ3) is 3.66. The van der Waals surface area contributed by atoms with Gasteiger partial charge >= 0.3 is 0 Å². The number of rotatable bonds is 6. The molecular formula is C16H23N3S. The van der Waals surface area contributed by atoms with Crippen molar-refractivity contribution in [1.82, 2.24) is 9.88 Å². The number of hydrogen-bond donors (Lipinski definition) is 1. The number of thiophene rings is 1. The molecule has 0 radical (unpaired) electrons. The van der Waals surface area contributed by atoms with Gasteiger partial charge in [-0.3, -0.25) is 9.88 Å². The Balaban J connectivity index is 2.21. The molecule has 2 aromatic rings. The Labute approximate surface area is 125 Å². The first kappa shape index (κ1) is 15.2. The SMILES string of the molecule is CCN(Cc1cccc(C)n1)C(c1cccs1)C(C)N. The van der Waals surface area contributed by atoms with Gasteiger partial charge in [0.1, 0.15) is 0 Å². The van der Waals surface area contributed by atoms with Crippen molar-refractivity contribution in [3.05, 3.63) is 52.0 Å². The van der Waals surface area contributed by atoms with Gasteiger partial charge in [-0.2, -0.15) is 0 Å². The summed E-state index contributed by atoms with van der Waals surface area (Å²) in [6.07, 6.45) is 0. The normalized spacial score (nSPS) is 14.4. The first-order valence-corrected chi connectivity index (χ1v) is 7.95. The number of nitrogens with zero attached hydrogens (tertiary/aromatic N) is 2. The predicted molar refractivity (Wildman–Crippen MR) is 85.8 cm³/mol. The minimum atomic E-state index is 0.0957. The summed E-state index contributed by atoms with van der Waals surface area (Å²) in [5, 5.41) is 2.11. The van der Waals surface area contributed by atoms with Crippen molar-refractivity contribution < 1.29 is 0 Å². The zero-order valence-corrected chi connectivity index (χ0v) is 13.2. The van der Waals surface area contributed by atoms with Crippen LogP contribution in [0.1, 0.15) is 36.2 Å². The number of aromatic nitrogens is 1. The maximum Gasteiger partial charge on any atom is 0.0594 e. The lowest BCUT2D eigenvalue weighted by atomic mass is 10.1. The summed E-state index contributed by atoms with van der Waals surface area (Å²) in [7, 11) is 0. The summed E-state index contributed by atoms with van der Waals surface area (Å²) in [5.41, 5.74) is 8.40. The first-order valence-electron chi connectivity index (χ1n) is 7.07. The van der Waals surface area contributed by atoms with E-state index in [-0.39, 0.29) is 12.1 Å². The van der Waals surface area contributed by atoms with Crippen molar-refractivity contribution >= 4 is 11.3 Å². The standard InChI is InChI=1S/C16H23N3S/c1-4-19(11-14-8-5-7-12(2)18-14)16(13(3)17)15-9-6-10-20-15/h5-10,13,16H,4,11,17H2,1-3H3. The van der Waals surface area contributed by atoms with Gasteiger partial charge < -0.3 is 5.73 Å². The Hall–Kier alpha value is -1.23. The van der Waals surface area contributed by atoms with E-state index in [1.807, 2.05) is 13.0 Å². The summed E-state index contributed by atoms with van der Waals surface area (Å²) >= 11 is 1.77. The van der Waals surface area contributed by atoms with Crippen molar-refractivity contribution in [2.75, 3.05) is 6.54 Å². The fraction of sp³-hybridized carbons (Fsp3) is 0.438. The van der Waals surface area contributed by atoms with E-state index in [9.17, 15) is 0 Å². The van der Waals surface area contributed by atoms with Gasteiger partial charge in [0.25, 0.3) is 0 Å². The average molecular weight is 289 g/mol. The average Bonchev–Trinajstić information content (AvgIpc) is 2.91. The molecule has 4 heteroatoms. The summed E-state index contributed by atoms with van der Waals surface area (Å²) in [6.45, 7) is 8.08. The van der Waals surface area contributed by atoms with Crippen molar-refractivity contribution in [1.29, 1.82) is 0 Å². The lowest BCUT2D eigenvalue weighted by molar-refractivity contribution is 0.178. The maximum atomic E-state index is 6.23. The Morgan fingerprint density at radius 2 is 2.10 bits per heavy atom. The number of likely N-dealkylation sites (N-methyl/N-ethyl adjacent to an activating group) is 1. The minimum absolute atomic E-state index is 0.0957. The van der Waals surface area contributed by atoms with Gasteiger partial charge in [-0.1, -0.05) is 19.1 Å². The second-order valence-corrected chi connectivity index (χ2v) is 6.13. The van der Waals surface area contributed by atoms with Crippen molar-refractivity contribution in [3.63, 3.8) is 0 Å². The van der Waals surface area contributed by atoms with Gasteiger partial charge in [0.05, 0.1) is 11.7 Å². The second kappa shape index (κ2) is 6.97. The van der Waals surface area contributed by atoms with E-state index in [2.05, 4.69) is 53.4 Å². The lowest BCUT2D eigenvalue weighted by Gasteiger charge is -2.32. The van der Waals surface area contributed by atoms with Gasteiger partial charge in [0.15, 0.2) is 0 Å². The van der Waals surface area contributed by atoms with E-state index in [0.29, 0.717) is 0 Å². The monoisotopic (exact) mass is 289 g/mol. The van der Waals surface area contributed by atoms with Gasteiger partial charge in [-0.15, -0.1) is 11.3 Å². The van der Waals surface area contributed by atoms with Crippen LogP contribution >= 0.6 is 11.3 Å². The number of aryl methyl sites for hydroxylation is 1. The van der Waals surface area contributed by atoms with Gasteiger partial charge in [-0.05, 0) is 44.0 Å². The molecule has 0 fully saturated rings. The Kier molecular flexibility index (Phi) is 5.29. The van der Waals surface area contributed by atoms with Crippen LogP contribution in [0.2, 0.25) is 0 Å². The van der Waals surface area contributed by atoms with Crippen LogP contribution in [0.5, 0.6) is 0 Å². The molecule has 2 rings (SSSR count). The molecular weight excluding hydrogens is 266 g/mol. The summed E-state index contributed by atoms with van der Waals surface area (Å²) in [6, 6.07) is 10.8. The van der Waals surface area contributed by atoms with Gasteiger partial charge in [0.2, 0.25) is 0 Å². The molecule has 2 unspecified atom stereocenters. The zero-order valence-electron chi connectivity index (χ0n) is 12.4. The van der Waals surface area contributed by atoms with Crippen LogP contribution in [0.3, 0.4) is 0 Å². The van der Waals surface area contributed by atoms with Crippen LogP contribution in [0.4, 0.5) is 0 Å². The molecule has 0 amide bonds. The van der Waals surface area contributed by atoms with Crippen molar-refractivity contribution in [3.8, 4) is 0 Å². The highest BCUT2D eigenvalue weighted by molar-refractivity contribution is 7.10. The van der Waals surface area contributed by atoms with Gasteiger partial charge in [-0.25, -0.2) is 0 Å². The molecule has 0 saturated carbocycles. The molecule has 0 saturated heterocycles. The topological polar surface area (TPSA) is 42.2 Å². The lowest BCUT2D eigenvalue weighted by Crippen LogP contribution is -2.38. The molecule has 20 heavy (non-hydrogen) atoms. The zero-order chi connectivity index (χ0) is 14.5. The quantitative estimate of drug-likeness (QED) is 0.886. The third-order valence-corrected chi connectivity index (χ3v) is 4.39. The predicted octanol–water partition coefficient (Wildman–Crippen LogP) is 3.36. The van der Waals surface area contributed by atoms with E-state index < -0.39 is 0 Å². The Morgan fingerprint density at radius 3 is 2.65 bits per heavy atom. The maximum absolute atomic E-state index is 6.23. The molecule has 2 N–H and O–H groups in total. The van der Waals surface area contributed by atoms with E-state index in [0.717, 1.165) is 24.5 Å². The highest BCUT2D eigenvalue weighted by atomic mass is 32.1. The second-order valence-electron chi connectivity index (χ2n) is 5.15. The van der Waals surface area contributed by atoms with Crippen LogP contribution in [0.25, 0.3) is 0 Å². The number of nitrogens with two attached hydrogens (primary N) is 1. The van der Waals surface area contributed by atoms with Crippen LogP contribution in [0, 0.1) is 6.92 Å². The molecule has 0 aliphatic heterocycles. The van der Waals surface area contributed by atoms with E-state index >= 15 is 0 Å². The van der Waals surface area contributed by atoms with Crippen LogP contribution in [0.15, 0.2) is 35.7 Å². The van der Waals surface area contributed by atoms with Crippen LogP contribution in [-0.2, 0) is 6.54 Å². The molecule has 0 bridgehead atoms. The Bertz CT molecular complexity index is 522. The molecule has 0 aliphatic carbocycles. The minimum Gasteiger partial charge on any atom is -0.326 e. The van der Waals surface area contributed by atoms with Crippen LogP contribution < -0.4 is 5.73 Å². The highest BCUT2D eigenvalue weighted by Crippen LogP contribution is 2.28. The largest absolute Gasteiger partial charge is 0.326 e. The molecule has 0 aromatic carbocycles. The van der Waals surface area contributed by atoms with E-state index in [1.165, 1.54) is 4.88 Å². The smallest absolute Gasteiger partial charge is 0.0594 e. The number of pyridine rings is 1. The molecule has 0 spiro atoms. The summed E-state index contributed by atoms with van der Waals surface area (Å²) in [5.74, 6) is 0. The molecule has 108 valence electrons. The fourth-order valence-corrected chi connectivity index (χ4v) is 3.51. The molecule has 0 aliphatic rings. The fourth-order valence-electron chi connectivity index (χ4n) is 2.53. The molecule has 2 atom stereocenters. The van der Waals surface area contributed by atoms with Crippen molar-refractivity contribution in [2.45, 2.75) is 39.4 Å². The summed E-state index contributed by atoms with van der Waals surface area (Å²) in [4.78, 5) is 8.33. The molecule has 2 aromatic heterocycles. The van der Waals surface area contributed by atoms with Gasteiger partial charge in [0, 0.05) is 23.2 Å². The van der Waals surface area contributed by atoms with E-state index in [1.54, 1.807) is 11.3 Å². The Morgan fingerprint density at radius 1 is 1.30 bits per heavy atom. The molecule has 3 nitrogen and oxygen atoms in total. The summed E-state index contributed by atoms with van der Waals surface area (Å²) < 4.78 is 0. The van der Waals surface area contributed by atoms with E-state index in [4.69, 9.17) is 5.73 Å². The molecule has 2 heterocycles. The van der Waals surface area contributed by atoms with Crippen molar-refractivity contribution in [2.24, 2.45) is 5.73 Å². The first-order chi connectivity index (χ1) is 9.61. The highest BCUT2D eigenvalue weighted by Gasteiger charge is 2.24. The third-order valence-electron chi connectivity index (χ3n) is 3.44. The van der Waals surface area contributed by atoms with Crippen LogP contribution in [-0.4, -0.2) is 22.5 Å².